The number of likely N-dealkylation sites (N-methyl/N-ethyl adjacent to an activating group) is 1. The van der Waals surface area contributed by atoms with Gasteiger partial charge in [0.05, 0.1) is 12.5 Å². The molecular weight excluding hydrogens is 248 g/mol. The van der Waals surface area contributed by atoms with Gasteiger partial charge in [0.1, 0.15) is 0 Å². The van der Waals surface area contributed by atoms with E-state index in [2.05, 4.69) is 10.6 Å². The van der Waals surface area contributed by atoms with Crippen molar-refractivity contribution in [3.63, 3.8) is 0 Å². The van der Waals surface area contributed by atoms with Crippen LogP contribution >= 0.6 is 0 Å². The Bertz CT molecular complexity index is 482. The number of hydrogen-bond acceptors (Lipinski definition) is 4. The number of amides is 1. The molecule has 1 rings (SSSR count). The predicted molar refractivity (Wildman–Crippen MR) is 70.2 cm³/mol. The van der Waals surface area contributed by atoms with Crippen molar-refractivity contribution in [2.45, 2.75) is 19.4 Å². The highest BCUT2D eigenvalue weighted by atomic mass is 16.4. The minimum Gasteiger partial charge on any atom is -0.481 e. The predicted octanol–water partition coefficient (Wildman–Crippen LogP) is 0.890. The van der Waals surface area contributed by atoms with Crippen molar-refractivity contribution >= 4 is 23.3 Å². The summed E-state index contributed by atoms with van der Waals surface area (Å²) in [5.41, 5.74) is 0.984. The molecule has 1 aromatic carbocycles. The number of Topliss-reactive ketones (excluding diaryl/α,β-unsaturated/α-hetero) is 1. The zero-order valence-corrected chi connectivity index (χ0v) is 10.8. The fourth-order valence-corrected chi connectivity index (χ4v) is 1.62. The third-order valence-electron chi connectivity index (χ3n) is 2.53. The molecule has 0 radical (unpaired) electrons. The van der Waals surface area contributed by atoms with Gasteiger partial charge in [-0.3, -0.25) is 14.4 Å². The molecule has 6 heteroatoms. The number of anilines is 1. The molecule has 0 spiro atoms. The minimum absolute atomic E-state index is 0.196. The summed E-state index contributed by atoms with van der Waals surface area (Å²) in [7, 11) is 1.54. The molecule has 0 aromatic heterocycles. The van der Waals surface area contributed by atoms with Crippen LogP contribution in [0.1, 0.15) is 23.7 Å². The standard InChI is InChI=1S/C13H16N2O4/c1-8(16)15-10-5-3-9(4-6-10)13(19)11(14-2)7-12(17)18/h3-6,11,14H,7H2,1-2H3,(H,15,16)(H,17,18). The number of hydrogen-bond donors (Lipinski definition) is 3. The van der Waals surface area contributed by atoms with Gasteiger partial charge in [-0.05, 0) is 31.3 Å². The fraction of sp³-hybridized carbons (Fsp3) is 0.308. The number of aliphatic carboxylic acids is 1. The molecule has 0 fully saturated rings. The third kappa shape index (κ3) is 4.51. The summed E-state index contributed by atoms with van der Waals surface area (Å²) < 4.78 is 0. The highest BCUT2D eigenvalue weighted by Crippen LogP contribution is 2.12. The van der Waals surface area contributed by atoms with Crippen LogP contribution in [0.15, 0.2) is 24.3 Å². The molecule has 1 aromatic rings. The lowest BCUT2D eigenvalue weighted by atomic mass is 10.0. The molecule has 0 saturated carbocycles. The summed E-state index contributed by atoms with van der Waals surface area (Å²) >= 11 is 0. The lowest BCUT2D eigenvalue weighted by Gasteiger charge is -2.13. The van der Waals surface area contributed by atoms with E-state index < -0.39 is 12.0 Å². The molecule has 0 aliphatic carbocycles. The van der Waals surface area contributed by atoms with Crippen LogP contribution in [0.2, 0.25) is 0 Å². The maximum Gasteiger partial charge on any atom is 0.305 e. The number of carboxylic acid groups (broad SMARTS) is 1. The van der Waals surface area contributed by atoms with Gasteiger partial charge in [-0.1, -0.05) is 0 Å². The lowest BCUT2D eigenvalue weighted by Crippen LogP contribution is -2.36. The first kappa shape index (κ1) is 14.8. The van der Waals surface area contributed by atoms with E-state index in [0.29, 0.717) is 11.3 Å². The van der Waals surface area contributed by atoms with Gasteiger partial charge in [-0.25, -0.2) is 0 Å². The normalized spacial score (nSPS) is 11.7. The van der Waals surface area contributed by atoms with E-state index in [-0.39, 0.29) is 18.1 Å². The Kier molecular flexibility index (Phi) is 5.20. The van der Waals surface area contributed by atoms with Crippen LogP contribution in [0, 0.1) is 0 Å². The van der Waals surface area contributed by atoms with Crippen LogP contribution in [-0.2, 0) is 9.59 Å². The fourth-order valence-electron chi connectivity index (χ4n) is 1.62. The van der Waals surface area contributed by atoms with Crippen LogP contribution in [-0.4, -0.2) is 35.9 Å². The molecule has 1 amide bonds. The molecule has 0 saturated heterocycles. The Morgan fingerprint density at radius 2 is 1.79 bits per heavy atom. The summed E-state index contributed by atoms with van der Waals surface area (Å²) in [6.07, 6.45) is -0.275. The summed E-state index contributed by atoms with van der Waals surface area (Å²) in [5.74, 6) is -1.53. The first-order chi connectivity index (χ1) is 8.93. The van der Waals surface area contributed by atoms with Gasteiger partial charge >= 0.3 is 5.97 Å². The zero-order chi connectivity index (χ0) is 14.4. The average Bonchev–Trinajstić information content (AvgIpc) is 2.35. The van der Waals surface area contributed by atoms with Crippen molar-refractivity contribution in [2.75, 3.05) is 12.4 Å². The number of benzene rings is 1. The molecule has 6 nitrogen and oxygen atoms in total. The van der Waals surface area contributed by atoms with Gasteiger partial charge in [0, 0.05) is 18.2 Å². The summed E-state index contributed by atoms with van der Waals surface area (Å²) in [5, 5.41) is 14.0. The Labute approximate surface area is 110 Å². The van der Waals surface area contributed by atoms with Crippen molar-refractivity contribution in [1.29, 1.82) is 0 Å². The average molecular weight is 264 g/mol. The van der Waals surface area contributed by atoms with Crippen LogP contribution in [0.25, 0.3) is 0 Å². The van der Waals surface area contributed by atoms with Crippen LogP contribution in [0.3, 0.4) is 0 Å². The Morgan fingerprint density at radius 3 is 2.21 bits per heavy atom. The number of carbonyl (C=O) groups is 3. The van der Waals surface area contributed by atoms with Gasteiger partial charge in [-0.15, -0.1) is 0 Å². The molecule has 0 bridgehead atoms. The van der Waals surface area contributed by atoms with Crippen molar-refractivity contribution in [2.24, 2.45) is 0 Å². The number of carboxylic acids is 1. The lowest BCUT2D eigenvalue weighted by molar-refractivity contribution is -0.137. The van der Waals surface area contributed by atoms with Gasteiger partial charge < -0.3 is 15.7 Å². The molecule has 0 aliphatic heterocycles. The van der Waals surface area contributed by atoms with Crippen molar-refractivity contribution in [1.82, 2.24) is 5.32 Å². The molecule has 0 aliphatic rings. The molecule has 1 unspecified atom stereocenters. The van der Waals surface area contributed by atoms with Crippen LogP contribution in [0.5, 0.6) is 0 Å². The van der Waals surface area contributed by atoms with Gasteiger partial charge in [0.2, 0.25) is 5.91 Å². The van der Waals surface area contributed by atoms with Gasteiger partial charge in [-0.2, -0.15) is 0 Å². The molecule has 0 heterocycles. The molecule has 3 N–H and O–H groups in total. The maximum atomic E-state index is 12.0. The summed E-state index contributed by atoms with van der Waals surface area (Å²) in [6.45, 7) is 1.39. The first-order valence-corrected chi connectivity index (χ1v) is 5.75. The molecule has 1 atom stereocenters. The van der Waals surface area contributed by atoms with E-state index in [1.807, 2.05) is 0 Å². The number of ketones is 1. The van der Waals surface area contributed by atoms with Crippen LogP contribution < -0.4 is 10.6 Å². The SMILES string of the molecule is CNC(CC(=O)O)C(=O)c1ccc(NC(C)=O)cc1. The highest BCUT2D eigenvalue weighted by Gasteiger charge is 2.20. The highest BCUT2D eigenvalue weighted by molar-refractivity contribution is 6.02. The van der Waals surface area contributed by atoms with E-state index in [9.17, 15) is 14.4 Å². The van der Waals surface area contributed by atoms with Crippen molar-refractivity contribution < 1.29 is 19.5 Å². The summed E-state index contributed by atoms with van der Waals surface area (Å²) in [4.78, 5) is 33.5. The van der Waals surface area contributed by atoms with E-state index in [1.165, 1.54) is 14.0 Å². The number of rotatable bonds is 6. The van der Waals surface area contributed by atoms with E-state index in [0.717, 1.165) is 0 Å². The Hall–Kier alpha value is -2.21. The van der Waals surface area contributed by atoms with E-state index >= 15 is 0 Å². The monoisotopic (exact) mass is 264 g/mol. The van der Waals surface area contributed by atoms with E-state index in [4.69, 9.17) is 5.11 Å². The van der Waals surface area contributed by atoms with Gasteiger partial charge in [0.15, 0.2) is 5.78 Å². The second-order valence-corrected chi connectivity index (χ2v) is 4.06. The second kappa shape index (κ2) is 6.65. The number of nitrogens with one attached hydrogen (secondary N) is 2. The summed E-state index contributed by atoms with van der Waals surface area (Å²) in [6, 6.07) is 5.55. The van der Waals surface area contributed by atoms with Gasteiger partial charge in [0.25, 0.3) is 0 Å². The van der Waals surface area contributed by atoms with Crippen molar-refractivity contribution in [3.8, 4) is 0 Å². The minimum atomic E-state index is -1.04. The largest absolute Gasteiger partial charge is 0.481 e. The van der Waals surface area contributed by atoms with Crippen LogP contribution in [0.4, 0.5) is 5.69 Å². The smallest absolute Gasteiger partial charge is 0.305 e. The maximum absolute atomic E-state index is 12.0. The quantitative estimate of drug-likeness (QED) is 0.663. The third-order valence-corrected chi connectivity index (χ3v) is 2.53. The topological polar surface area (TPSA) is 95.5 Å². The Balaban J connectivity index is 2.81. The first-order valence-electron chi connectivity index (χ1n) is 5.75. The van der Waals surface area contributed by atoms with E-state index in [1.54, 1.807) is 24.3 Å². The van der Waals surface area contributed by atoms with Crippen molar-refractivity contribution in [3.05, 3.63) is 29.8 Å². The zero-order valence-electron chi connectivity index (χ0n) is 10.8. The Morgan fingerprint density at radius 1 is 1.21 bits per heavy atom. The second-order valence-electron chi connectivity index (χ2n) is 4.06. The molecule has 102 valence electrons. The number of carbonyl (C=O) groups excluding carboxylic acids is 2. The molecule has 19 heavy (non-hydrogen) atoms. The molecular formula is C13H16N2O4.